The van der Waals surface area contributed by atoms with E-state index in [0.717, 1.165) is 25.7 Å². The highest BCUT2D eigenvalue weighted by Gasteiger charge is 2.29. The predicted octanol–water partition coefficient (Wildman–Crippen LogP) is 3.79. The Kier molecular flexibility index (Phi) is 10.9. The maximum atomic E-state index is 12.6. The van der Waals surface area contributed by atoms with E-state index in [-0.39, 0.29) is 16.7 Å². The van der Waals surface area contributed by atoms with Crippen molar-refractivity contribution in [1.29, 1.82) is 0 Å². The molecular formula is C23H45N3O3. The summed E-state index contributed by atoms with van der Waals surface area (Å²) in [6.07, 6.45) is 4.21. The second-order valence-corrected chi connectivity index (χ2v) is 11.7. The minimum atomic E-state index is -1.21. The van der Waals surface area contributed by atoms with Gasteiger partial charge in [-0.3, -0.25) is 14.4 Å². The van der Waals surface area contributed by atoms with E-state index in [1.807, 2.05) is 41.5 Å². The standard InChI is InChI=1S/C23H45N3O3/c1-21(2,3)14-12-10-11-13-17(27)26-18(19(28)24-15-22(4,5)6)20(29)25-16-23(7,8)9/h18H,10-16H2,1-9H3,(H,24,28)(H,25,29)(H,26,27). The van der Waals surface area contributed by atoms with Crippen molar-refractivity contribution in [2.24, 2.45) is 16.2 Å². The van der Waals surface area contributed by atoms with Gasteiger partial charge in [-0.05, 0) is 29.1 Å². The molecule has 0 aliphatic carbocycles. The first kappa shape index (κ1) is 27.4. The molecule has 3 N–H and O–H groups in total. The maximum absolute atomic E-state index is 12.6. The number of carbonyl (C=O) groups is 3. The Labute approximate surface area is 178 Å². The molecule has 0 aliphatic heterocycles. The van der Waals surface area contributed by atoms with Gasteiger partial charge in [0.25, 0.3) is 11.8 Å². The SMILES string of the molecule is CC(C)(C)CCCCCC(=O)NC(C(=O)NCC(C)(C)C)C(=O)NCC(C)(C)C. The zero-order valence-electron chi connectivity index (χ0n) is 20.3. The molecule has 0 radical (unpaired) electrons. The Morgan fingerprint density at radius 3 is 1.48 bits per heavy atom. The van der Waals surface area contributed by atoms with Crippen LogP contribution < -0.4 is 16.0 Å². The van der Waals surface area contributed by atoms with Crippen molar-refractivity contribution in [3.8, 4) is 0 Å². The van der Waals surface area contributed by atoms with E-state index in [1.165, 1.54) is 0 Å². The number of carbonyl (C=O) groups excluding carboxylic acids is 3. The number of amides is 3. The average Bonchev–Trinajstić information content (AvgIpc) is 2.52. The fraction of sp³-hybridized carbons (Fsp3) is 0.870. The Morgan fingerprint density at radius 1 is 0.655 bits per heavy atom. The number of unbranched alkanes of at least 4 members (excludes halogenated alkanes) is 2. The second kappa shape index (κ2) is 11.6. The van der Waals surface area contributed by atoms with Gasteiger partial charge in [-0.1, -0.05) is 75.2 Å². The first-order valence-corrected chi connectivity index (χ1v) is 10.8. The van der Waals surface area contributed by atoms with Crippen LogP contribution in [-0.4, -0.2) is 36.9 Å². The molecule has 29 heavy (non-hydrogen) atoms. The Hall–Kier alpha value is -1.59. The first-order chi connectivity index (χ1) is 13.0. The third-order valence-corrected chi connectivity index (χ3v) is 4.25. The zero-order valence-corrected chi connectivity index (χ0v) is 20.3. The molecule has 0 unspecified atom stereocenters. The van der Waals surface area contributed by atoms with Gasteiger partial charge in [0.1, 0.15) is 0 Å². The van der Waals surface area contributed by atoms with Gasteiger partial charge in [-0.25, -0.2) is 0 Å². The fourth-order valence-corrected chi connectivity index (χ4v) is 2.51. The summed E-state index contributed by atoms with van der Waals surface area (Å²) in [7, 11) is 0. The van der Waals surface area contributed by atoms with E-state index in [9.17, 15) is 14.4 Å². The number of hydrogen-bond donors (Lipinski definition) is 3. The van der Waals surface area contributed by atoms with Crippen LogP contribution in [0.25, 0.3) is 0 Å². The van der Waals surface area contributed by atoms with E-state index >= 15 is 0 Å². The van der Waals surface area contributed by atoms with Crippen LogP contribution in [0.4, 0.5) is 0 Å². The molecule has 170 valence electrons. The van der Waals surface area contributed by atoms with Crippen molar-refractivity contribution in [2.75, 3.05) is 13.1 Å². The summed E-state index contributed by atoms with van der Waals surface area (Å²) in [4.78, 5) is 37.5. The van der Waals surface area contributed by atoms with Crippen LogP contribution in [0.5, 0.6) is 0 Å². The lowest BCUT2D eigenvalue weighted by Gasteiger charge is -2.24. The summed E-state index contributed by atoms with van der Waals surface area (Å²) in [6.45, 7) is 19.5. The number of rotatable bonds is 10. The van der Waals surface area contributed by atoms with Gasteiger partial charge < -0.3 is 16.0 Å². The predicted molar refractivity (Wildman–Crippen MR) is 119 cm³/mol. The third-order valence-electron chi connectivity index (χ3n) is 4.25. The molecule has 0 aromatic heterocycles. The lowest BCUT2D eigenvalue weighted by atomic mass is 9.89. The zero-order chi connectivity index (χ0) is 22.9. The summed E-state index contributed by atoms with van der Waals surface area (Å²) < 4.78 is 0. The van der Waals surface area contributed by atoms with Crippen LogP contribution in [0, 0.1) is 16.2 Å². The molecule has 0 atom stereocenters. The Balaban J connectivity index is 4.76. The Bertz CT molecular complexity index is 507. The highest BCUT2D eigenvalue weighted by atomic mass is 16.2. The summed E-state index contributed by atoms with van der Waals surface area (Å²) in [5, 5.41) is 8.20. The van der Waals surface area contributed by atoms with Crippen molar-refractivity contribution in [3.63, 3.8) is 0 Å². The van der Waals surface area contributed by atoms with Crippen molar-refractivity contribution in [2.45, 2.75) is 100 Å². The van der Waals surface area contributed by atoms with Crippen LogP contribution in [0.15, 0.2) is 0 Å². The van der Waals surface area contributed by atoms with Crippen LogP contribution in [0.3, 0.4) is 0 Å². The highest BCUT2D eigenvalue weighted by Crippen LogP contribution is 2.22. The van der Waals surface area contributed by atoms with Gasteiger partial charge in [0.2, 0.25) is 5.91 Å². The largest absolute Gasteiger partial charge is 0.353 e. The first-order valence-electron chi connectivity index (χ1n) is 10.8. The average molecular weight is 412 g/mol. The number of nitrogens with one attached hydrogen (secondary N) is 3. The van der Waals surface area contributed by atoms with Crippen molar-refractivity contribution < 1.29 is 14.4 Å². The fourth-order valence-electron chi connectivity index (χ4n) is 2.51. The molecule has 0 fully saturated rings. The smallest absolute Gasteiger partial charge is 0.252 e. The van der Waals surface area contributed by atoms with Crippen LogP contribution in [0.2, 0.25) is 0 Å². The lowest BCUT2D eigenvalue weighted by molar-refractivity contribution is -0.137. The van der Waals surface area contributed by atoms with Crippen molar-refractivity contribution in [1.82, 2.24) is 16.0 Å². The summed E-state index contributed by atoms with van der Waals surface area (Å²) in [6, 6.07) is -1.21. The van der Waals surface area contributed by atoms with Gasteiger partial charge in [0.05, 0.1) is 0 Å². The van der Waals surface area contributed by atoms with Crippen molar-refractivity contribution >= 4 is 17.7 Å². The van der Waals surface area contributed by atoms with Crippen LogP contribution >= 0.6 is 0 Å². The van der Waals surface area contributed by atoms with E-state index < -0.39 is 17.9 Å². The molecule has 0 saturated heterocycles. The molecule has 0 aliphatic rings. The molecule has 3 amide bonds. The maximum Gasteiger partial charge on any atom is 0.252 e. The van der Waals surface area contributed by atoms with Crippen molar-refractivity contribution in [3.05, 3.63) is 0 Å². The van der Waals surface area contributed by atoms with Crippen LogP contribution in [-0.2, 0) is 14.4 Å². The highest BCUT2D eigenvalue weighted by molar-refractivity contribution is 6.06. The lowest BCUT2D eigenvalue weighted by Crippen LogP contribution is -2.56. The molecule has 0 saturated carbocycles. The molecule has 0 spiro atoms. The normalized spacial score (nSPS) is 12.6. The topological polar surface area (TPSA) is 87.3 Å². The summed E-state index contributed by atoms with van der Waals surface area (Å²) in [5.74, 6) is -1.19. The van der Waals surface area contributed by atoms with Gasteiger partial charge in [-0.15, -0.1) is 0 Å². The number of hydrogen-bond acceptors (Lipinski definition) is 3. The molecule has 6 heteroatoms. The van der Waals surface area contributed by atoms with Gasteiger partial charge in [-0.2, -0.15) is 0 Å². The summed E-state index contributed by atoms with van der Waals surface area (Å²) >= 11 is 0. The third kappa shape index (κ3) is 16.0. The quantitative estimate of drug-likeness (QED) is 0.377. The minimum absolute atomic E-state index is 0.112. The molecule has 0 aromatic carbocycles. The molecule has 0 aromatic rings. The molecule has 0 bridgehead atoms. The van der Waals surface area contributed by atoms with Gasteiger partial charge in [0, 0.05) is 19.5 Å². The molecule has 6 nitrogen and oxygen atoms in total. The van der Waals surface area contributed by atoms with E-state index in [2.05, 4.69) is 36.7 Å². The van der Waals surface area contributed by atoms with Gasteiger partial charge in [0.15, 0.2) is 6.04 Å². The Morgan fingerprint density at radius 2 is 1.10 bits per heavy atom. The monoisotopic (exact) mass is 411 g/mol. The molecular weight excluding hydrogens is 366 g/mol. The van der Waals surface area contributed by atoms with E-state index in [1.54, 1.807) is 0 Å². The molecule has 0 rings (SSSR count). The molecule has 0 heterocycles. The van der Waals surface area contributed by atoms with E-state index in [4.69, 9.17) is 0 Å². The van der Waals surface area contributed by atoms with E-state index in [0.29, 0.717) is 24.9 Å². The van der Waals surface area contributed by atoms with Crippen LogP contribution in [0.1, 0.15) is 94.4 Å². The summed E-state index contributed by atoms with van der Waals surface area (Å²) in [5.41, 5.74) is 0.0714. The minimum Gasteiger partial charge on any atom is -0.353 e. The van der Waals surface area contributed by atoms with Gasteiger partial charge >= 0.3 is 0 Å². The second-order valence-electron chi connectivity index (χ2n) is 11.7.